The largest absolute Gasteiger partial charge is 0.497 e. The lowest BCUT2D eigenvalue weighted by molar-refractivity contribution is -0.139. The van der Waals surface area contributed by atoms with E-state index >= 15 is 0 Å². The smallest absolute Gasteiger partial charge is 0.309 e. The molecule has 3 rings (SSSR count). The Bertz CT molecular complexity index is 852. The van der Waals surface area contributed by atoms with Crippen molar-refractivity contribution in [3.63, 3.8) is 0 Å². The van der Waals surface area contributed by atoms with Gasteiger partial charge in [-0.2, -0.15) is 0 Å². The van der Waals surface area contributed by atoms with Crippen LogP contribution < -0.4 is 20.3 Å². The Morgan fingerprint density at radius 2 is 1.63 bits per heavy atom. The highest BCUT2D eigenvalue weighted by atomic mass is 35.5. The Hall–Kier alpha value is -2.77. The molecule has 0 saturated carbocycles. The molecule has 1 aliphatic rings. The molecule has 0 atom stereocenters. The molecule has 1 aliphatic heterocycles. The standard InChI is InChI=1S/C22H27ClN4O3/c1-30-19-8-6-18(7-9-19)27-14-12-26(13-15-27)11-10-24-21(28)22(29)25-16-17-4-2-3-5-20(17)23/h2-9H,10-16H2,1H3,(H,24,28)(H,25,29). The summed E-state index contributed by atoms with van der Waals surface area (Å²) in [5, 5.41) is 5.84. The lowest BCUT2D eigenvalue weighted by Gasteiger charge is -2.36. The zero-order chi connectivity index (χ0) is 21.3. The van der Waals surface area contributed by atoms with Gasteiger partial charge in [0.1, 0.15) is 5.75 Å². The molecule has 2 aromatic rings. The van der Waals surface area contributed by atoms with Gasteiger partial charge in [-0.15, -0.1) is 0 Å². The fourth-order valence-corrected chi connectivity index (χ4v) is 3.53. The molecular formula is C22H27ClN4O3. The number of ether oxygens (including phenoxy) is 1. The molecule has 7 nitrogen and oxygen atoms in total. The summed E-state index contributed by atoms with van der Waals surface area (Å²) in [6.45, 7) is 5.00. The van der Waals surface area contributed by atoms with Crippen molar-refractivity contribution in [2.75, 3.05) is 51.3 Å². The maximum atomic E-state index is 12.0. The number of anilines is 1. The summed E-state index contributed by atoms with van der Waals surface area (Å²) in [4.78, 5) is 28.6. The summed E-state index contributed by atoms with van der Waals surface area (Å²) in [5.74, 6) is -0.429. The number of hydrogen-bond donors (Lipinski definition) is 2. The molecule has 8 heteroatoms. The molecule has 2 amide bonds. The topological polar surface area (TPSA) is 73.9 Å². The number of nitrogens with zero attached hydrogens (tertiary/aromatic N) is 2. The Morgan fingerprint density at radius 1 is 0.967 bits per heavy atom. The maximum absolute atomic E-state index is 12.0. The first kappa shape index (κ1) is 21.9. The quantitative estimate of drug-likeness (QED) is 0.656. The van der Waals surface area contributed by atoms with Gasteiger partial charge in [-0.05, 0) is 35.9 Å². The zero-order valence-corrected chi connectivity index (χ0v) is 17.8. The van der Waals surface area contributed by atoms with Gasteiger partial charge in [0, 0.05) is 56.5 Å². The number of amides is 2. The van der Waals surface area contributed by atoms with Gasteiger partial charge in [-0.25, -0.2) is 0 Å². The van der Waals surface area contributed by atoms with Gasteiger partial charge in [-0.3, -0.25) is 14.5 Å². The van der Waals surface area contributed by atoms with E-state index in [0.29, 0.717) is 18.1 Å². The highest BCUT2D eigenvalue weighted by molar-refractivity contribution is 6.35. The van der Waals surface area contributed by atoms with Crippen molar-refractivity contribution >= 4 is 29.1 Å². The second kappa shape index (κ2) is 10.8. The number of carbonyl (C=O) groups is 2. The molecule has 0 spiro atoms. The van der Waals surface area contributed by atoms with Gasteiger partial charge in [0.25, 0.3) is 0 Å². The molecule has 30 heavy (non-hydrogen) atoms. The number of piperazine rings is 1. The first-order chi connectivity index (χ1) is 14.6. The number of methoxy groups -OCH3 is 1. The summed E-state index contributed by atoms with van der Waals surface area (Å²) < 4.78 is 5.20. The van der Waals surface area contributed by atoms with E-state index in [0.717, 1.165) is 37.5 Å². The molecule has 1 saturated heterocycles. The molecule has 0 bridgehead atoms. The first-order valence-corrected chi connectivity index (χ1v) is 10.4. The minimum Gasteiger partial charge on any atom is -0.497 e. The predicted octanol–water partition coefficient (Wildman–Crippen LogP) is 1.90. The van der Waals surface area contributed by atoms with E-state index < -0.39 is 11.8 Å². The lowest BCUT2D eigenvalue weighted by atomic mass is 10.2. The number of hydrogen-bond acceptors (Lipinski definition) is 5. The number of carbonyl (C=O) groups excluding carboxylic acids is 2. The lowest BCUT2D eigenvalue weighted by Crippen LogP contribution is -2.49. The van der Waals surface area contributed by atoms with Crippen LogP contribution in [-0.4, -0.2) is 63.1 Å². The second-order valence-corrected chi connectivity index (χ2v) is 7.46. The zero-order valence-electron chi connectivity index (χ0n) is 17.1. The highest BCUT2D eigenvalue weighted by Gasteiger charge is 2.18. The number of nitrogens with one attached hydrogen (secondary N) is 2. The Morgan fingerprint density at radius 3 is 2.30 bits per heavy atom. The van der Waals surface area contributed by atoms with Crippen molar-refractivity contribution in [2.45, 2.75) is 6.54 Å². The molecule has 1 fully saturated rings. The number of halogens is 1. The van der Waals surface area contributed by atoms with Crippen molar-refractivity contribution in [1.82, 2.24) is 15.5 Å². The third-order valence-corrected chi connectivity index (χ3v) is 5.50. The van der Waals surface area contributed by atoms with Crippen LogP contribution in [0.1, 0.15) is 5.56 Å². The van der Waals surface area contributed by atoms with Crippen molar-refractivity contribution < 1.29 is 14.3 Å². The van der Waals surface area contributed by atoms with Crippen LogP contribution in [-0.2, 0) is 16.1 Å². The Kier molecular flexibility index (Phi) is 7.93. The minimum absolute atomic E-state index is 0.221. The molecule has 160 valence electrons. The molecule has 2 aromatic carbocycles. The van der Waals surface area contributed by atoms with Crippen LogP contribution in [0.3, 0.4) is 0 Å². The van der Waals surface area contributed by atoms with Gasteiger partial charge in [0.05, 0.1) is 7.11 Å². The SMILES string of the molecule is COc1ccc(N2CCN(CCNC(=O)C(=O)NCc3ccccc3Cl)CC2)cc1. The number of rotatable bonds is 7. The minimum atomic E-state index is -0.653. The van der Waals surface area contributed by atoms with Crippen molar-refractivity contribution in [2.24, 2.45) is 0 Å². The molecule has 1 heterocycles. The second-order valence-electron chi connectivity index (χ2n) is 7.06. The van der Waals surface area contributed by atoms with E-state index in [2.05, 4.69) is 32.6 Å². The van der Waals surface area contributed by atoms with Gasteiger partial charge in [0.15, 0.2) is 0 Å². The Balaban J connectivity index is 1.33. The van der Waals surface area contributed by atoms with Gasteiger partial charge < -0.3 is 20.3 Å². The molecular weight excluding hydrogens is 404 g/mol. The van der Waals surface area contributed by atoms with Crippen LogP contribution in [0.15, 0.2) is 48.5 Å². The van der Waals surface area contributed by atoms with E-state index in [4.69, 9.17) is 16.3 Å². The van der Waals surface area contributed by atoms with Gasteiger partial charge in [-0.1, -0.05) is 29.8 Å². The van der Waals surface area contributed by atoms with Crippen LogP contribution in [0.2, 0.25) is 5.02 Å². The number of benzene rings is 2. The average Bonchev–Trinajstić information content (AvgIpc) is 2.79. The first-order valence-electron chi connectivity index (χ1n) is 9.97. The van der Waals surface area contributed by atoms with Crippen molar-refractivity contribution in [3.8, 4) is 5.75 Å². The molecule has 0 unspecified atom stereocenters. The van der Waals surface area contributed by atoms with Crippen molar-refractivity contribution in [1.29, 1.82) is 0 Å². The fourth-order valence-electron chi connectivity index (χ4n) is 3.33. The molecule has 0 aliphatic carbocycles. The van der Waals surface area contributed by atoms with E-state index in [1.54, 1.807) is 13.2 Å². The third kappa shape index (κ3) is 6.11. The van der Waals surface area contributed by atoms with Crippen LogP contribution in [0.5, 0.6) is 5.75 Å². The summed E-state index contributed by atoms with van der Waals surface area (Å²) in [5.41, 5.74) is 1.95. The van der Waals surface area contributed by atoms with Crippen LogP contribution >= 0.6 is 11.6 Å². The van der Waals surface area contributed by atoms with E-state index in [1.165, 1.54) is 5.69 Å². The van der Waals surface area contributed by atoms with E-state index in [-0.39, 0.29) is 6.54 Å². The summed E-state index contributed by atoms with van der Waals surface area (Å²) in [6.07, 6.45) is 0. The van der Waals surface area contributed by atoms with Gasteiger partial charge in [0.2, 0.25) is 0 Å². The van der Waals surface area contributed by atoms with Crippen molar-refractivity contribution in [3.05, 3.63) is 59.1 Å². The van der Waals surface area contributed by atoms with Crippen LogP contribution in [0.25, 0.3) is 0 Å². The predicted molar refractivity (Wildman–Crippen MR) is 118 cm³/mol. The maximum Gasteiger partial charge on any atom is 0.309 e. The summed E-state index contributed by atoms with van der Waals surface area (Å²) >= 11 is 6.05. The highest BCUT2D eigenvalue weighted by Crippen LogP contribution is 2.20. The Labute approximate surface area is 181 Å². The summed E-state index contributed by atoms with van der Waals surface area (Å²) in [7, 11) is 1.66. The fraction of sp³-hybridized carbons (Fsp3) is 0.364. The molecule has 0 aromatic heterocycles. The van der Waals surface area contributed by atoms with Gasteiger partial charge >= 0.3 is 11.8 Å². The monoisotopic (exact) mass is 430 g/mol. The molecule has 2 N–H and O–H groups in total. The van der Waals surface area contributed by atoms with Crippen LogP contribution in [0, 0.1) is 0 Å². The van der Waals surface area contributed by atoms with E-state index in [1.807, 2.05) is 30.3 Å². The van der Waals surface area contributed by atoms with E-state index in [9.17, 15) is 9.59 Å². The normalized spacial score (nSPS) is 14.3. The molecule has 0 radical (unpaired) electrons. The van der Waals surface area contributed by atoms with Crippen LogP contribution in [0.4, 0.5) is 5.69 Å². The summed E-state index contributed by atoms with van der Waals surface area (Å²) in [6, 6.07) is 15.3. The third-order valence-electron chi connectivity index (χ3n) is 5.13. The average molecular weight is 431 g/mol.